The van der Waals surface area contributed by atoms with E-state index in [1.807, 2.05) is 24.3 Å². The number of hydrogen-bond donors (Lipinski definition) is 1. The molecule has 0 aromatic heterocycles. The second-order valence-corrected chi connectivity index (χ2v) is 8.61. The van der Waals surface area contributed by atoms with Crippen LogP contribution in [0, 0.1) is 5.82 Å². The minimum atomic E-state index is -3.53. The summed E-state index contributed by atoms with van der Waals surface area (Å²) in [6, 6.07) is 12.9. The van der Waals surface area contributed by atoms with Crippen molar-refractivity contribution in [2.24, 2.45) is 0 Å². The molecule has 0 bridgehead atoms. The average molecular weight is 392 g/mol. The fraction of sp³-hybridized carbons (Fsp3) is 0.350. The van der Waals surface area contributed by atoms with Gasteiger partial charge in [-0.3, -0.25) is 9.10 Å². The van der Waals surface area contributed by atoms with Crippen molar-refractivity contribution in [3.8, 4) is 0 Å². The summed E-state index contributed by atoms with van der Waals surface area (Å²) < 4.78 is 38.3. The minimum absolute atomic E-state index is 0.143. The zero-order valence-corrected chi connectivity index (χ0v) is 16.6. The lowest BCUT2D eigenvalue weighted by atomic mass is 10.0. The van der Waals surface area contributed by atoms with Gasteiger partial charge in [0.25, 0.3) is 0 Å². The molecule has 1 amide bonds. The predicted molar refractivity (Wildman–Crippen MR) is 107 cm³/mol. The lowest BCUT2D eigenvalue weighted by Gasteiger charge is -2.22. The van der Waals surface area contributed by atoms with Gasteiger partial charge >= 0.3 is 0 Å². The molecule has 7 heteroatoms. The molecular weight excluding hydrogens is 367 g/mol. The molecule has 0 aliphatic heterocycles. The Kier molecular flexibility index (Phi) is 6.96. The second kappa shape index (κ2) is 8.99. The molecule has 5 nitrogen and oxygen atoms in total. The summed E-state index contributed by atoms with van der Waals surface area (Å²) in [5.74, 6) is -0.327. The van der Waals surface area contributed by atoms with E-state index in [0.717, 1.165) is 17.5 Å². The molecule has 0 aliphatic carbocycles. The van der Waals surface area contributed by atoms with Gasteiger partial charge in [-0.25, -0.2) is 12.8 Å². The first-order valence-electron chi connectivity index (χ1n) is 8.80. The Morgan fingerprint density at radius 1 is 1.11 bits per heavy atom. The number of halogens is 1. The number of rotatable bonds is 8. The lowest BCUT2D eigenvalue weighted by molar-refractivity contribution is -0.116. The zero-order valence-electron chi connectivity index (χ0n) is 15.8. The van der Waals surface area contributed by atoms with E-state index >= 15 is 0 Å². The lowest BCUT2D eigenvalue weighted by Crippen LogP contribution is -2.31. The molecule has 0 aliphatic rings. The Labute approximate surface area is 160 Å². The maximum absolute atomic E-state index is 13.1. The van der Waals surface area contributed by atoms with Crippen LogP contribution in [-0.2, 0) is 14.8 Å². The third kappa shape index (κ3) is 6.06. The number of nitrogens with zero attached hydrogens (tertiary/aromatic N) is 1. The number of nitrogens with one attached hydrogen (secondary N) is 1. The number of hydrogen-bond acceptors (Lipinski definition) is 3. The number of carbonyl (C=O) groups is 1. The molecule has 0 unspecified atom stereocenters. The smallest absolute Gasteiger partial charge is 0.232 e. The van der Waals surface area contributed by atoms with Crippen LogP contribution in [0.1, 0.15) is 38.2 Å². The first-order valence-corrected chi connectivity index (χ1v) is 10.7. The summed E-state index contributed by atoms with van der Waals surface area (Å²) in [5, 5.41) is 2.90. The van der Waals surface area contributed by atoms with Gasteiger partial charge in [0.1, 0.15) is 5.82 Å². The van der Waals surface area contributed by atoms with Gasteiger partial charge in [0.05, 0.1) is 11.9 Å². The Bertz CT molecular complexity index is 880. The van der Waals surface area contributed by atoms with Gasteiger partial charge in [0.15, 0.2) is 0 Å². The fourth-order valence-electron chi connectivity index (χ4n) is 2.80. The molecule has 0 saturated carbocycles. The average Bonchev–Trinajstić information content (AvgIpc) is 2.59. The molecule has 27 heavy (non-hydrogen) atoms. The van der Waals surface area contributed by atoms with Gasteiger partial charge in [-0.2, -0.15) is 0 Å². The van der Waals surface area contributed by atoms with Gasteiger partial charge in [0.2, 0.25) is 15.9 Å². The van der Waals surface area contributed by atoms with Crippen molar-refractivity contribution < 1.29 is 17.6 Å². The molecule has 1 N–H and O–H groups in total. The highest BCUT2D eigenvalue weighted by Crippen LogP contribution is 2.24. The highest BCUT2D eigenvalue weighted by Gasteiger charge is 2.18. The van der Waals surface area contributed by atoms with Crippen LogP contribution in [0.2, 0.25) is 0 Å². The number of carbonyl (C=O) groups excluding carboxylic acids is 1. The SMILES string of the molecule is CC(C)c1ccccc1NC(=O)CCCN(c1ccc(F)cc1)S(C)(=O)=O. The summed E-state index contributed by atoms with van der Waals surface area (Å²) in [7, 11) is -3.53. The number of sulfonamides is 1. The molecule has 2 rings (SSSR count). The van der Waals surface area contributed by atoms with Crippen LogP contribution in [0.4, 0.5) is 15.8 Å². The Balaban J connectivity index is 1.99. The van der Waals surface area contributed by atoms with Crippen LogP contribution in [0.3, 0.4) is 0 Å². The molecule has 0 fully saturated rings. The molecule has 0 radical (unpaired) electrons. The van der Waals surface area contributed by atoms with Crippen molar-refractivity contribution in [2.75, 3.05) is 22.4 Å². The van der Waals surface area contributed by atoms with E-state index in [4.69, 9.17) is 0 Å². The largest absolute Gasteiger partial charge is 0.326 e. The van der Waals surface area contributed by atoms with Crippen molar-refractivity contribution in [1.29, 1.82) is 0 Å². The van der Waals surface area contributed by atoms with E-state index in [9.17, 15) is 17.6 Å². The zero-order chi connectivity index (χ0) is 20.0. The van der Waals surface area contributed by atoms with E-state index in [1.165, 1.54) is 28.6 Å². The predicted octanol–water partition coefficient (Wildman–Crippen LogP) is 4.13. The monoisotopic (exact) mass is 392 g/mol. The van der Waals surface area contributed by atoms with Crippen LogP contribution in [0.5, 0.6) is 0 Å². The summed E-state index contributed by atoms with van der Waals surface area (Å²) >= 11 is 0. The third-order valence-corrected chi connectivity index (χ3v) is 5.33. The maximum atomic E-state index is 13.1. The van der Waals surface area contributed by atoms with Gasteiger partial charge in [0, 0.05) is 18.7 Å². The van der Waals surface area contributed by atoms with Crippen LogP contribution >= 0.6 is 0 Å². The van der Waals surface area contributed by atoms with E-state index < -0.39 is 15.8 Å². The molecule has 0 saturated heterocycles. The normalized spacial score (nSPS) is 11.4. The summed E-state index contributed by atoms with van der Waals surface area (Å²) in [5.41, 5.74) is 2.20. The first-order chi connectivity index (χ1) is 12.7. The summed E-state index contributed by atoms with van der Waals surface area (Å²) in [4.78, 5) is 12.3. The Morgan fingerprint density at radius 3 is 2.33 bits per heavy atom. The molecular formula is C20H25FN2O3S. The van der Waals surface area contributed by atoms with E-state index in [1.54, 1.807) is 0 Å². The topological polar surface area (TPSA) is 66.5 Å². The quantitative estimate of drug-likeness (QED) is 0.734. The molecule has 2 aromatic carbocycles. The standard InChI is InChI=1S/C20H25FN2O3S/c1-15(2)18-7-4-5-8-19(18)22-20(24)9-6-14-23(27(3,25)26)17-12-10-16(21)11-13-17/h4-5,7-8,10-13,15H,6,9,14H2,1-3H3,(H,22,24). The second-order valence-electron chi connectivity index (χ2n) is 6.71. The van der Waals surface area contributed by atoms with Crippen LogP contribution in [0.25, 0.3) is 0 Å². The molecule has 2 aromatic rings. The maximum Gasteiger partial charge on any atom is 0.232 e. The van der Waals surface area contributed by atoms with Crippen LogP contribution in [-0.4, -0.2) is 27.1 Å². The van der Waals surface area contributed by atoms with Crippen molar-refractivity contribution >= 4 is 27.3 Å². The summed E-state index contributed by atoms with van der Waals surface area (Å²) in [6.45, 7) is 4.25. The number of anilines is 2. The number of amides is 1. The Hall–Kier alpha value is -2.41. The van der Waals surface area contributed by atoms with Crippen molar-refractivity contribution in [1.82, 2.24) is 0 Å². The van der Waals surface area contributed by atoms with Gasteiger partial charge < -0.3 is 5.32 Å². The third-order valence-electron chi connectivity index (χ3n) is 4.14. The molecule has 0 heterocycles. The number of para-hydroxylation sites is 1. The molecule has 0 spiro atoms. The van der Waals surface area contributed by atoms with Crippen molar-refractivity contribution in [3.05, 3.63) is 59.9 Å². The number of benzene rings is 2. The molecule has 0 atom stereocenters. The minimum Gasteiger partial charge on any atom is -0.326 e. The Morgan fingerprint density at radius 2 is 1.74 bits per heavy atom. The molecule has 146 valence electrons. The van der Waals surface area contributed by atoms with E-state index in [-0.39, 0.29) is 24.8 Å². The van der Waals surface area contributed by atoms with Gasteiger partial charge in [-0.15, -0.1) is 0 Å². The van der Waals surface area contributed by atoms with E-state index in [2.05, 4.69) is 19.2 Å². The van der Waals surface area contributed by atoms with E-state index in [0.29, 0.717) is 12.1 Å². The van der Waals surface area contributed by atoms with Crippen LogP contribution < -0.4 is 9.62 Å². The van der Waals surface area contributed by atoms with Gasteiger partial charge in [-0.1, -0.05) is 32.0 Å². The van der Waals surface area contributed by atoms with Crippen LogP contribution in [0.15, 0.2) is 48.5 Å². The summed E-state index contributed by atoms with van der Waals surface area (Å²) in [6.07, 6.45) is 1.62. The first kappa shape index (κ1) is 20.9. The fourth-order valence-corrected chi connectivity index (χ4v) is 3.77. The highest BCUT2D eigenvalue weighted by atomic mass is 32.2. The highest BCUT2D eigenvalue weighted by molar-refractivity contribution is 7.92. The van der Waals surface area contributed by atoms with Crippen molar-refractivity contribution in [3.63, 3.8) is 0 Å². The van der Waals surface area contributed by atoms with Gasteiger partial charge in [-0.05, 0) is 48.2 Å². The van der Waals surface area contributed by atoms with Crippen molar-refractivity contribution in [2.45, 2.75) is 32.6 Å².